The molecule has 4 rings (SSSR count). The van der Waals surface area contributed by atoms with Gasteiger partial charge in [-0.05, 0) is 47.2 Å². The minimum Gasteiger partial charge on any atom is -0.543 e. The molecule has 5 nitrogen and oxygen atoms in total. The molecule has 0 aromatic heterocycles. The van der Waals surface area contributed by atoms with E-state index in [0.29, 0.717) is 42.5 Å². The van der Waals surface area contributed by atoms with Gasteiger partial charge in [-0.2, -0.15) is 0 Å². The summed E-state index contributed by atoms with van der Waals surface area (Å²) in [5.41, 5.74) is 2.77. The zero-order valence-electron chi connectivity index (χ0n) is 22.9. The van der Waals surface area contributed by atoms with Gasteiger partial charge in [-0.3, -0.25) is 4.90 Å². The fourth-order valence-electron chi connectivity index (χ4n) is 6.71. The third kappa shape index (κ3) is 5.37. The Bertz CT molecular complexity index is 979. The molecule has 0 spiro atoms. The number of likely N-dealkylation sites (tertiary alicyclic amines) is 1. The van der Waals surface area contributed by atoms with Crippen molar-refractivity contribution in [3.05, 3.63) is 59.7 Å². The number of ether oxygens (including phenoxy) is 1. The molecule has 0 bridgehead atoms. The highest BCUT2D eigenvalue weighted by Crippen LogP contribution is 2.45. The maximum absolute atomic E-state index is 11.3. The van der Waals surface area contributed by atoms with Gasteiger partial charge in [-0.25, -0.2) is 0 Å². The van der Waals surface area contributed by atoms with Gasteiger partial charge >= 0.3 is 0 Å². The Morgan fingerprint density at radius 1 is 0.972 bits per heavy atom. The standard InChI is InChI=1S/C30H45NO4Si/c1-21(2)36(22(3)4,23(5)6)35-25-12-13-26-28(18-25)34-20-27(29(26)32)31-16-14-30(33,15-17-31)19-24-10-8-7-9-11-24/h7-13,18,21-23,27,29,32-33H,14-17,19-20H2,1-6H3/t27-,29+/m0/s1. The topological polar surface area (TPSA) is 62.2 Å². The largest absolute Gasteiger partial charge is 0.543 e. The SMILES string of the molecule is CC(C)[Si](Oc1ccc2c(c1)OC[C@H](N1CCC(O)(Cc3ccccc3)CC1)[C@@H]2O)(C(C)C)C(C)C. The normalized spacial score (nSPS) is 22.5. The van der Waals surface area contributed by atoms with Gasteiger partial charge in [-0.15, -0.1) is 0 Å². The second-order valence-electron chi connectivity index (χ2n) is 11.9. The number of hydrogen-bond acceptors (Lipinski definition) is 5. The monoisotopic (exact) mass is 511 g/mol. The zero-order valence-corrected chi connectivity index (χ0v) is 23.9. The predicted octanol–water partition coefficient (Wildman–Crippen LogP) is 6.10. The van der Waals surface area contributed by atoms with Crippen LogP contribution < -0.4 is 9.16 Å². The van der Waals surface area contributed by atoms with Gasteiger partial charge in [-0.1, -0.05) is 71.9 Å². The van der Waals surface area contributed by atoms with Crippen LogP contribution in [0.25, 0.3) is 0 Å². The van der Waals surface area contributed by atoms with E-state index in [9.17, 15) is 10.2 Å². The zero-order chi connectivity index (χ0) is 26.1. The molecule has 2 aromatic rings. The van der Waals surface area contributed by atoms with Crippen LogP contribution >= 0.6 is 0 Å². The maximum atomic E-state index is 11.3. The number of piperidine rings is 1. The molecule has 0 saturated carbocycles. The number of rotatable bonds is 8. The molecular weight excluding hydrogens is 466 g/mol. The minimum absolute atomic E-state index is 0.110. The van der Waals surface area contributed by atoms with Crippen LogP contribution in [0.2, 0.25) is 16.6 Å². The van der Waals surface area contributed by atoms with E-state index in [0.717, 1.165) is 30.2 Å². The van der Waals surface area contributed by atoms with E-state index < -0.39 is 20.0 Å². The molecular formula is C30H45NO4Si. The summed E-state index contributed by atoms with van der Waals surface area (Å²) in [4.78, 5) is 2.28. The molecule has 2 N–H and O–H groups in total. The maximum Gasteiger partial charge on any atom is 0.258 e. The summed E-state index contributed by atoms with van der Waals surface area (Å²) in [5, 5.41) is 22.5. The van der Waals surface area contributed by atoms with Crippen LogP contribution in [0.15, 0.2) is 48.5 Å². The molecule has 2 aliphatic rings. The summed E-state index contributed by atoms with van der Waals surface area (Å²) < 4.78 is 13.1. The lowest BCUT2D eigenvalue weighted by Gasteiger charge is -2.45. The molecule has 36 heavy (non-hydrogen) atoms. The van der Waals surface area contributed by atoms with Crippen molar-refractivity contribution >= 4 is 8.32 Å². The quantitative estimate of drug-likeness (QED) is 0.419. The average Bonchev–Trinajstić information content (AvgIpc) is 2.83. The van der Waals surface area contributed by atoms with E-state index >= 15 is 0 Å². The lowest BCUT2D eigenvalue weighted by Crippen LogP contribution is -2.53. The Morgan fingerprint density at radius 2 is 1.58 bits per heavy atom. The molecule has 6 heteroatoms. The van der Waals surface area contributed by atoms with Gasteiger partial charge in [0.15, 0.2) is 0 Å². The third-order valence-corrected chi connectivity index (χ3v) is 14.7. The van der Waals surface area contributed by atoms with E-state index in [2.05, 4.69) is 58.6 Å². The van der Waals surface area contributed by atoms with Gasteiger partial charge < -0.3 is 19.4 Å². The van der Waals surface area contributed by atoms with E-state index in [1.165, 1.54) is 5.56 Å². The fourth-order valence-corrected chi connectivity index (χ4v) is 12.0. The number of hydrogen-bond donors (Lipinski definition) is 2. The molecule has 0 aliphatic carbocycles. The Morgan fingerprint density at radius 3 is 2.17 bits per heavy atom. The van der Waals surface area contributed by atoms with E-state index in [1.807, 2.05) is 36.4 Å². The fraction of sp³-hybridized carbons (Fsp3) is 0.600. The van der Waals surface area contributed by atoms with Crippen molar-refractivity contribution in [2.24, 2.45) is 0 Å². The van der Waals surface area contributed by atoms with Gasteiger partial charge in [0.2, 0.25) is 0 Å². The first-order chi connectivity index (χ1) is 17.1. The van der Waals surface area contributed by atoms with Crippen molar-refractivity contribution in [2.45, 2.75) is 95.2 Å². The highest BCUT2D eigenvalue weighted by atomic mass is 28.4. The number of aliphatic hydroxyl groups excluding tert-OH is 1. The second kappa shape index (κ2) is 10.9. The summed E-state index contributed by atoms with van der Waals surface area (Å²) in [6.45, 7) is 15.7. The van der Waals surface area contributed by atoms with Crippen LogP contribution in [0, 0.1) is 0 Å². The summed E-state index contributed by atoms with van der Waals surface area (Å²) in [5.74, 6) is 1.58. The molecule has 2 aromatic carbocycles. The molecule has 2 aliphatic heterocycles. The van der Waals surface area contributed by atoms with Gasteiger partial charge in [0.1, 0.15) is 24.2 Å². The van der Waals surface area contributed by atoms with Crippen molar-refractivity contribution in [3.8, 4) is 11.5 Å². The van der Waals surface area contributed by atoms with Crippen molar-refractivity contribution in [2.75, 3.05) is 19.7 Å². The average molecular weight is 512 g/mol. The molecule has 198 valence electrons. The van der Waals surface area contributed by atoms with Crippen LogP contribution in [0.3, 0.4) is 0 Å². The van der Waals surface area contributed by atoms with Gasteiger partial charge in [0.05, 0.1) is 11.6 Å². The molecule has 2 atom stereocenters. The lowest BCUT2D eigenvalue weighted by atomic mass is 9.84. The molecule has 1 fully saturated rings. The van der Waals surface area contributed by atoms with Gasteiger partial charge in [0, 0.05) is 31.1 Å². The van der Waals surface area contributed by atoms with Crippen LogP contribution in [0.5, 0.6) is 11.5 Å². The highest BCUT2D eigenvalue weighted by molar-refractivity contribution is 6.78. The summed E-state index contributed by atoms with van der Waals surface area (Å²) in [6.07, 6.45) is 1.43. The van der Waals surface area contributed by atoms with Crippen molar-refractivity contribution < 1.29 is 19.4 Å². The molecule has 0 amide bonds. The minimum atomic E-state index is -2.06. The number of nitrogens with zero attached hydrogens (tertiary/aromatic N) is 1. The number of benzene rings is 2. The molecule has 2 heterocycles. The van der Waals surface area contributed by atoms with E-state index in [-0.39, 0.29) is 6.04 Å². The summed E-state index contributed by atoms with van der Waals surface area (Å²) in [6, 6.07) is 16.1. The van der Waals surface area contributed by atoms with Crippen molar-refractivity contribution in [1.82, 2.24) is 4.90 Å². The first kappa shape index (κ1) is 27.2. The Labute approximate surface area is 218 Å². The first-order valence-electron chi connectivity index (χ1n) is 13.7. The number of aliphatic hydroxyl groups is 2. The van der Waals surface area contributed by atoms with E-state index in [1.54, 1.807) is 0 Å². The Kier molecular flexibility index (Phi) is 8.20. The van der Waals surface area contributed by atoms with E-state index in [4.69, 9.17) is 9.16 Å². The summed E-state index contributed by atoms with van der Waals surface area (Å²) >= 11 is 0. The van der Waals surface area contributed by atoms with Gasteiger partial charge in [0.25, 0.3) is 8.32 Å². The first-order valence-corrected chi connectivity index (χ1v) is 15.8. The molecule has 1 saturated heterocycles. The van der Waals surface area contributed by atoms with Crippen molar-refractivity contribution in [3.63, 3.8) is 0 Å². The van der Waals surface area contributed by atoms with Crippen molar-refractivity contribution in [1.29, 1.82) is 0 Å². The third-order valence-electron chi connectivity index (χ3n) is 8.65. The Balaban J connectivity index is 1.43. The lowest BCUT2D eigenvalue weighted by molar-refractivity contribution is -0.0627. The smallest absolute Gasteiger partial charge is 0.258 e. The van der Waals surface area contributed by atoms with Crippen LogP contribution in [0.1, 0.15) is 71.6 Å². The predicted molar refractivity (Wildman–Crippen MR) is 148 cm³/mol. The molecule has 0 radical (unpaired) electrons. The Hall–Kier alpha value is -1.86. The second-order valence-corrected chi connectivity index (χ2v) is 17.2. The van der Waals surface area contributed by atoms with Crippen LogP contribution in [-0.2, 0) is 6.42 Å². The number of fused-ring (bicyclic) bond motifs is 1. The van der Waals surface area contributed by atoms with Crippen LogP contribution in [0.4, 0.5) is 0 Å². The highest BCUT2D eigenvalue weighted by Gasteiger charge is 2.47. The summed E-state index contributed by atoms with van der Waals surface area (Å²) in [7, 11) is -2.06. The molecule has 0 unspecified atom stereocenters. The van der Waals surface area contributed by atoms with Crippen LogP contribution in [-0.4, -0.2) is 54.8 Å².